The molecule has 8 nitrogen and oxygen atoms in total. The highest BCUT2D eigenvalue weighted by Gasteiger charge is 2.38. The number of halogens is 3. The zero-order chi connectivity index (χ0) is 25.7. The van der Waals surface area contributed by atoms with Crippen molar-refractivity contribution in [2.45, 2.75) is 43.8 Å². The molecule has 2 atom stereocenters. The molecular weight excluding hydrogens is 475 g/mol. The van der Waals surface area contributed by atoms with Crippen LogP contribution in [0, 0.1) is 0 Å². The molecule has 1 aliphatic carbocycles. The molecule has 1 amide bonds. The number of benzene rings is 2. The number of amides is 1. The quantitative estimate of drug-likeness (QED) is 0.372. The van der Waals surface area contributed by atoms with Crippen molar-refractivity contribution in [3.63, 3.8) is 0 Å². The number of carbonyl (C=O) groups is 2. The van der Waals surface area contributed by atoms with Crippen molar-refractivity contribution in [3.8, 4) is 5.69 Å². The van der Waals surface area contributed by atoms with Gasteiger partial charge in [0.05, 0.1) is 22.9 Å². The number of imidazole rings is 1. The minimum Gasteiger partial charge on any atom is -0.475 e. The molecule has 2 aromatic carbocycles. The summed E-state index contributed by atoms with van der Waals surface area (Å²) in [6.07, 6.45) is 0.631. The molecule has 0 spiro atoms. The van der Waals surface area contributed by atoms with Gasteiger partial charge in [-0.2, -0.15) is 18.3 Å². The molecule has 2 heterocycles. The molecule has 1 aliphatic rings. The van der Waals surface area contributed by atoms with Crippen LogP contribution in [0.3, 0.4) is 0 Å². The summed E-state index contributed by atoms with van der Waals surface area (Å²) in [7, 11) is 0. The van der Waals surface area contributed by atoms with E-state index in [9.17, 15) is 18.0 Å². The first-order chi connectivity index (χ1) is 17.2. The molecular formula is C25H24F3N5O3. The Morgan fingerprint density at radius 1 is 1.03 bits per heavy atom. The van der Waals surface area contributed by atoms with E-state index in [4.69, 9.17) is 14.9 Å². The Labute approximate surface area is 204 Å². The summed E-state index contributed by atoms with van der Waals surface area (Å²) >= 11 is 0. The number of aromatic amines is 1. The number of hydrogen-bond acceptors (Lipinski definition) is 4. The van der Waals surface area contributed by atoms with Crippen molar-refractivity contribution in [3.05, 3.63) is 78.4 Å². The van der Waals surface area contributed by atoms with Gasteiger partial charge in [-0.05, 0) is 49.6 Å². The van der Waals surface area contributed by atoms with Crippen LogP contribution in [-0.4, -0.2) is 48.9 Å². The predicted molar refractivity (Wildman–Crippen MR) is 126 cm³/mol. The molecule has 0 radical (unpaired) electrons. The Balaban J connectivity index is 0.000000384. The van der Waals surface area contributed by atoms with Crippen LogP contribution < -0.4 is 5.32 Å². The van der Waals surface area contributed by atoms with Crippen molar-refractivity contribution < 1.29 is 27.9 Å². The second kappa shape index (κ2) is 10.6. The molecule has 1 saturated carbocycles. The third-order valence-electron chi connectivity index (χ3n) is 5.92. The smallest absolute Gasteiger partial charge is 0.475 e. The first kappa shape index (κ1) is 25.0. The summed E-state index contributed by atoms with van der Waals surface area (Å²) in [5.41, 5.74) is 3.51. The van der Waals surface area contributed by atoms with Crippen molar-refractivity contribution in [1.29, 1.82) is 0 Å². The van der Waals surface area contributed by atoms with Gasteiger partial charge in [-0.1, -0.05) is 36.8 Å². The SMILES string of the molecule is O=C(NC1CCCC(c2nc3ccccc3[nH]2)C1)c1ccnn1-c1ccccc1.O=C(O)C(F)(F)F. The molecule has 0 bridgehead atoms. The number of rotatable bonds is 4. The van der Waals surface area contributed by atoms with Crippen molar-refractivity contribution in [2.75, 3.05) is 0 Å². The van der Waals surface area contributed by atoms with Gasteiger partial charge in [0, 0.05) is 12.0 Å². The highest BCUT2D eigenvalue weighted by atomic mass is 19.4. The van der Waals surface area contributed by atoms with Crippen LogP contribution in [0.5, 0.6) is 0 Å². The molecule has 0 saturated heterocycles. The summed E-state index contributed by atoms with van der Waals surface area (Å²) in [4.78, 5) is 30.1. The maximum absolute atomic E-state index is 13.0. The number of hydrogen-bond donors (Lipinski definition) is 3. The lowest BCUT2D eigenvalue weighted by Crippen LogP contribution is -2.39. The maximum atomic E-state index is 13.0. The highest BCUT2D eigenvalue weighted by molar-refractivity contribution is 5.93. The summed E-state index contributed by atoms with van der Waals surface area (Å²) < 4.78 is 33.4. The Morgan fingerprint density at radius 3 is 2.42 bits per heavy atom. The molecule has 3 N–H and O–H groups in total. The molecule has 11 heteroatoms. The van der Waals surface area contributed by atoms with Gasteiger partial charge in [0.2, 0.25) is 0 Å². The molecule has 2 unspecified atom stereocenters. The molecule has 188 valence electrons. The van der Waals surface area contributed by atoms with E-state index in [0.717, 1.165) is 48.2 Å². The minimum atomic E-state index is -5.08. The van der Waals surface area contributed by atoms with E-state index in [1.54, 1.807) is 16.9 Å². The number of carbonyl (C=O) groups excluding carboxylic acids is 1. The lowest BCUT2D eigenvalue weighted by molar-refractivity contribution is -0.192. The third kappa shape index (κ3) is 5.91. The molecule has 1 fully saturated rings. The summed E-state index contributed by atoms with van der Waals surface area (Å²) in [5.74, 6) is -1.48. The van der Waals surface area contributed by atoms with Crippen molar-refractivity contribution in [2.24, 2.45) is 0 Å². The van der Waals surface area contributed by atoms with E-state index < -0.39 is 12.1 Å². The van der Waals surface area contributed by atoms with Crippen LogP contribution in [0.4, 0.5) is 13.2 Å². The summed E-state index contributed by atoms with van der Waals surface area (Å²) in [5, 5.41) is 14.7. The average molecular weight is 499 g/mol. The topological polar surface area (TPSA) is 113 Å². The number of alkyl halides is 3. The van der Waals surface area contributed by atoms with E-state index >= 15 is 0 Å². The van der Waals surface area contributed by atoms with E-state index in [2.05, 4.69) is 21.5 Å². The second-order valence-corrected chi connectivity index (χ2v) is 8.44. The lowest BCUT2D eigenvalue weighted by atomic mass is 9.85. The van der Waals surface area contributed by atoms with Crippen LogP contribution in [0.15, 0.2) is 66.9 Å². The van der Waals surface area contributed by atoms with Crippen LogP contribution in [-0.2, 0) is 4.79 Å². The zero-order valence-electron chi connectivity index (χ0n) is 19.1. The maximum Gasteiger partial charge on any atom is 0.490 e. The van der Waals surface area contributed by atoms with Crippen molar-refractivity contribution in [1.82, 2.24) is 25.1 Å². The Hall–Kier alpha value is -4.15. The van der Waals surface area contributed by atoms with E-state index in [0.29, 0.717) is 11.6 Å². The van der Waals surface area contributed by atoms with Crippen LogP contribution >= 0.6 is 0 Å². The number of nitrogens with one attached hydrogen (secondary N) is 2. The van der Waals surface area contributed by atoms with Gasteiger partial charge in [0.25, 0.3) is 5.91 Å². The minimum absolute atomic E-state index is 0.0818. The Bertz CT molecular complexity index is 1300. The number of carboxylic acids is 1. The summed E-state index contributed by atoms with van der Waals surface area (Å²) in [6, 6.07) is 19.7. The number of carboxylic acid groups (broad SMARTS) is 1. The average Bonchev–Trinajstić information content (AvgIpc) is 3.52. The van der Waals surface area contributed by atoms with Gasteiger partial charge in [0.1, 0.15) is 11.5 Å². The van der Waals surface area contributed by atoms with Gasteiger partial charge in [0.15, 0.2) is 0 Å². The monoisotopic (exact) mass is 499 g/mol. The normalized spacial score (nSPS) is 17.8. The van der Waals surface area contributed by atoms with E-state index in [1.807, 2.05) is 48.5 Å². The number of aliphatic carboxylic acids is 1. The van der Waals surface area contributed by atoms with Gasteiger partial charge in [-0.25, -0.2) is 14.5 Å². The first-order valence-corrected chi connectivity index (χ1v) is 11.4. The van der Waals surface area contributed by atoms with E-state index in [-0.39, 0.29) is 11.9 Å². The molecule has 4 aromatic rings. The van der Waals surface area contributed by atoms with E-state index in [1.165, 1.54) is 0 Å². The van der Waals surface area contributed by atoms with Gasteiger partial charge < -0.3 is 15.4 Å². The number of H-pyrrole nitrogens is 1. The van der Waals surface area contributed by atoms with Crippen LogP contribution in [0.1, 0.15) is 47.9 Å². The largest absolute Gasteiger partial charge is 0.490 e. The number of aromatic nitrogens is 4. The standard InChI is InChI=1S/C23H23N5O.C2HF3O2/c29-23(21-13-14-24-28(21)18-9-2-1-3-10-18)25-17-8-6-7-16(15-17)22-26-19-11-4-5-12-20(19)27-22;3-2(4,5)1(6)7/h1-5,9-14,16-17H,6-8,15H2,(H,25,29)(H,26,27);(H,6,7). The third-order valence-corrected chi connectivity index (χ3v) is 5.92. The fourth-order valence-corrected chi connectivity index (χ4v) is 4.24. The summed E-state index contributed by atoms with van der Waals surface area (Å²) in [6.45, 7) is 0. The molecule has 2 aromatic heterocycles. The first-order valence-electron chi connectivity index (χ1n) is 11.4. The van der Waals surface area contributed by atoms with Gasteiger partial charge in [-0.15, -0.1) is 0 Å². The Kier molecular flexibility index (Phi) is 7.37. The molecule has 36 heavy (non-hydrogen) atoms. The predicted octanol–water partition coefficient (Wildman–Crippen LogP) is 4.84. The molecule has 0 aliphatic heterocycles. The second-order valence-electron chi connectivity index (χ2n) is 8.44. The van der Waals surface area contributed by atoms with Gasteiger partial charge in [-0.3, -0.25) is 4.79 Å². The van der Waals surface area contributed by atoms with Gasteiger partial charge >= 0.3 is 12.1 Å². The zero-order valence-corrected chi connectivity index (χ0v) is 19.1. The number of fused-ring (bicyclic) bond motifs is 1. The highest BCUT2D eigenvalue weighted by Crippen LogP contribution is 2.32. The Morgan fingerprint density at radius 2 is 1.72 bits per heavy atom. The lowest BCUT2D eigenvalue weighted by Gasteiger charge is -2.28. The van der Waals surface area contributed by atoms with Crippen LogP contribution in [0.25, 0.3) is 16.7 Å². The number of nitrogens with zero attached hydrogens (tertiary/aromatic N) is 3. The fraction of sp³-hybridized carbons (Fsp3) is 0.280. The van der Waals surface area contributed by atoms with Crippen molar-refractivity contribution >= 4 is 22.9 Å². The molecule has 5 rings (SSSR count). The van der Waals surface area contributed by atoms with Crippen LogP contribution in [0.2, 0.25) is 0 Å². The number of para-hydroxylation sites is 3. The fourth-order valence-electron chi connectivity index (χ4n) is 4.24.